The fourth-order valence-electron chi connectivity index (χ4n) is 3.88. The molecule has 10 heteroatoms. The third-order valence-corrected chi connectivity index (χ3v) is 6.22. The number of carbonyl (C=O) groups is 1. The highest BCUT2D eigenvalue weighted by atomic mass is 35.5. The van der Waals surface area contributed by atoms with Crippen molar-refractivity contribution in [3.63, 3.8) is 0 Å². The molecule has 0 saturated carbocycles. The number of likely N-dealkylation sites (tertiary alicyclic amines) is 1. The number of nitrogens with zero attached hydrogens (tertiary/aromatic N) is 6. The zero-order chi connectivity index (χ0) is 22.1. The van der Waals surface area contributed by atoms with Crippen molar-refractivity contribution in [3.05, 3.63) is 82.8 Å². The molecule has 3 aromatic heterocycles. The summed E-state index contributed by atoms with van der Waals surface area (Å²) in [4.78, 5) is 23.4. The van der Waals surface area contributed by atoms with Crippen LogP contribution in [0.1, 0.15) is 29.7 Å². The van der Waals surface area contributed by atoms with Gasteiger partial charge in [-0.3, -0.25) is 4.79 Å². The molecule has 164 valence electrons. The molecule has 5 rings (SSSR count). The first-order chi connectivity index (χ1) is 15.6. The van der Waals surface area contributed by atoms with Crippen LogP contribution in [0.5, 0.6) is 0 Å². The summed E-state index contributed by atoms with van der Waals surface area (Å²) in [6, 6.07) is 9.04. The van der Waals surface area contributed by atoms with Crippen LogP contribution in [-0.2, 0) is 24.3 Å². The molecule has 1 aromatic carbocycles. The molecule has 1 saturated heterocycles. The van der Waals surface area contributed by atoms with E-state index >= 15 is 0 Å². The van der Waals surface area contributed by atoms with Crippen molar-refractivity contribution in [2.75, 3.05) is 6.54 Å². The largest absolute Gasteiger partial charge is 0.467 e. The van der Waals surface area contributed by atoms with Gasteiger partial charge >= 0.3 is 0 Å². The van der Waals surface area contributed by atoms with E-state index in [2.05, 4.69) is 4.98 Å². The Morgan fingerprint density at radius 1 is 1.19 bits per heavy atom. The van der Waals surface area contributed by atoms with Gasteiger partial charge in [-0.2, -0.15) is 5.10 Å². The predicted molar refractivity (Wildman–Crippen MR) is 119 cm³/mol. The zero-order valence-electron chi connectivity index (χ0n) is 17.1. The third kappa shape index (κ3) is 4.28. The summed E-state index contributed by atoms with van der Waals surface area (Å²) in [7, 11) is 0. The molecule has 0 radical (unpaired) electrons. The monoisotopic (exact) mass is 470 g/mol. The van der Waals surface area contributed by atoms with Crippen LogP contribution in [0.4, 0.5) is 0 Å². The highest BCUT2D eigenvalue weighted by molar-refractivity contribution is 6.42. The number of imidazole rings is 1. The van der Waals surface area contributed by atoms with Gasteiger partial charge in [0.2, 0.25) is 5.91 Å². The number of hydrogen-bond acceptors (Lipinski definition) is 5. The summed E-state index contributed by atoms with van der Waals surface area (Å²) in [5.41, 5.74) is 0.757. The Bertz CT molecular complexity index is 1220. The van der Waals surface area contributed by atoms with Gasteiger partial charge in [-0.15, -0.1) is 0 Å². The zero-order valence-corrected chi connectivity index (χ0v) is 18.6. The molecule has 1 aliphatic heterocycles. The van der Waals surface area contributed by atoms with Gasteiger partial charge in [0.1, 0.15) is 11.6 Å². The molecule has 1 aliphatic rings. The average Bonchev–Trinajstić information content (AvgIpc) is 3.57. The minimum absolute atomic E-state index is 0.0649. The van der Waals surface area contributed by atoms with E-state index in [4.69, 9.17) is 37.7 Å². The van der Waals surface area contributed by atoms with Crippen molar-refractivity contribution in [1.29, 1.82) is 0 Å². The lowest BCUT2D eigenvalue weighted by Gasteiger charge is -2.15. The number of carbonyl (C=O) groups excluding carboxylic acids is 1. The summed E-state index contributed by atoms with van der Waals surface area (Å²) >= 11 is 12.4. The number of halogens is 2. The Morgan fingerprint density at radius 3 is 2.84 bits per heavy atom. The molecule has 4 heterocycles. The number of hydrogen-bond donors (Lipinski definition) is 0. The van der Waals surface area contributed by atoms with E-state index in [0.29, 0.717) is 48.3 Å². The van der Waals surface area contributed by atoms with E-state index < -0.39 is 0 Å². The highest BCUT2D eigenvalue weighted by Crippen LogP contribution is 2.31. The molecule has 1 fully saturated rings. The van der Waals surface area contributed by atoms with Crippen LogP contribution in [0.2, 0.25) is 10.0 Å². The average molecular weight is 471 g/mol. The molecule has 0 N–H and O–H groups in total. The summed E-state index contributed by atoms with van der Waals surface area (Å²) in [6.07, 6.45) is 8.01. The Morgan fingerprint density at radius 2 is 2.09 bits per heavy atom. The third-order valence-electron chi connectivity index (χ3n) is 5.48. The Labute approximate surface area is 194 Å². The quantitative estimate of drug-likeness (QED) is 0.405. The Balaban J connectivity index is 1.44. The minimum Gasteiger partial charge on any atom is -0.467 e. The van der Waals surface area contributed by atoms with E-state index in [1.54, 1.807) is 40.5 Å². The first kappa shape index (κ1) is 20.8. The number of aromatic nitrogens is 5. The maximum absolute atomic E-state index is 12.7. The van der Waals surface area contributed by atoms with Gasteiger partial charge in [0, 0.05) is 44.2 Å². The topological polar surface area (TPSA) is 82.0 Å². The molecule has 0 bridgehead atoms. The highest BCUT2D eigenvalue weighted by Gasteiger charge is 2.35. The predicted octanol–water partition coefficient (Wildman–Crippen LogP) is 4.12. The van der Waals surface area contributed by atoms with E-state index in [9.17, 15) is 4.79 Å². The van der Waals surface area contributed by atoms with Crippen LogP contribution in [0, 0.1) is 0 Å². The first-order valence-corrected chi connectivity index (χ1v) is 11.0. The Kier molecular flexibility index (Phi) is 5.71. The van der Waals surface area contributed by atoms with Crippen LogP contribution < -0.4 is 0 Å². The van der Waals surface area contributed by atoms with E-state index in [1.165, 1.54) is 0 Å². The summed E-state index contributed by atoms with van der Waals surface area (Å²) < 4.78 is 9.17. The van der Waals surface area contributed by atoms with Gasteiger partial charge in [-0.1, -0.05) is 23.2 Å². The lowest BCUT2D eigenvalue weighted by atomic mass is 10.1. The molecule has 4 aromatic rings. The van der Waals surface area contributed by atoms with Gasteiger partial charge in [0.15, 0.2) is 5.82 Å². The summed E-state index contributed by atoms with van der Waals surface area (Å²) in [5.74, 6) is 2.15. The molecule has 1 amide bonds. The van der Waals surface area contributed by atoms with Crippen LogP contribution in [0.15, 0.2) is 59.7 Å². The van der Waals surface area contributed by atoms with Gasteiger partial charge in [-0.05, 0) is 30.3 Å². The number of rotatable bonds is 7. The van der Waals surface area contributed by atoms with E-state index in [0.717, 1.165) is 17.3 Å². The summed E-state index contributed by atoms with van der Waals surface area (Å²) in [6.45, 7) is 1.69. The molecule has 1 atom stereocenters. The van der Waals surface area contributed by atoms with Crippen LogP contribution >= 0.6 is 23.2 Å². The van der Waals surface area contributed by atoms with Crippen LogP contribution in [-0.4, -0.2) is 41.7 Å². The van der Waals surface area contributed by atoms with Crippen LogP contribution in [0.25, 0.3) is 5.69 Å². The molecular weight excluding hydrogens is 451 g/mol. The van der Waals surface area contributed by atoms with Crippen molar-refractivity contribution in [3.8, 4) is 5.69 Å². The number of furan rings is 1. The normalized spacial score (nSPS) is 16.2. The second-order valence-electron chi connectivity index (χ2n) is 7.70. The fourth-order valence-corrected chi connectivity index (χ4v) is 4.17. The van der Waals surface area contributed by atoms with E-state index in [-0.39, 0.29) is 11.8 Å². The van der Waals surface area contributed by atoms with Gasteiger partial charge in [0.05, 0.1) is 34.9 Å². The second kappa shape index (κ2) is 8.80. The fraction of sp³-hybridized carbons (Fsp3) is 0.273. The lowest BCUT2D eigenvalue weighted by molar-refractivity contribution is -0.128. The molecule has 32 heavy (non-hydrogen) atoms. The number of benzene rings is 1. The first-order valence-electron chi connectivity index (χ1n) is 10.2. The number of aryl methyl sites for hydroxylation is 2. The molecule has 1 unspecified atom stereocenters. The van der Waals surface area contributed by atoms with Crippen molar-refractivity contribution in [2.24, 2.45) is 0 Å². The Hall–Kier alpha value is -3.10. The maximum Gasteiger partial charge on any atom is 0.223 e. The summed E-state index contributed by atoms with van der Waals surface area (Å²) in [5, 5.41) is 5.65. The molecule has 0 aliphatic carbocycles. The molecular formula is C22H20Cl2N6O2. The van der Waals surface area contributed by atoms with Crippen molar-refractivity contribution < 1.29 is 9.21 Å². The SMILES string of the molecule is O=C1CC(c2nc(CCn3ccnc3)nn2-c2ccc(Cl)c(Cl)c2)CN1Cc1ccco1. The van der Waals surface area contributed by atoms with Crippen molar-refractivity contribution >= 4 is 29.1 Å². The van der Waals surface area contributed by atoms with Gasteiger partial charge in [0.25, 0.3) is 0 Å². The van der Waals surface area contributed by atoms with Crippen LogP contribution in [0.3, 0.4) is 0 Å². The van der Waals surface area contributed by atoms with Crippen molar-refractivity contribution in [1.82, 2.24) is 29.2 Å². The van der Waals surface area contributed by atoms with Gasteiger partial charge < -0.3 is 13.9 Å². The maximum atomic E-state index is 12.7. The number of amides is 1. The molecule has 8 nitrogen and oxygen atoms in total. The van der Waals surface area contributed by atoms with Gasteiger partial charge in [-0.25, -0.2) is 14.6 Å². The second-order valence-corrected chi connectivity index (χ2v) is 8.52. The molecule has 0 spiro atoms. The van der Waals surface area contributed by atoms with Crippen molar-refractivity contribution in [2.45, 2.75) is 31.8 Å². The van der Waals surface area contributed by atoms with E-state index in [1.807, 2.05) is 29.0 Å². The lowest BCUT2D eigenvalue weighted by Crippen LogP contribution is -2.24. The minimum atomic E-state index is -0.0959. The smallest absolute Gasteiger partial charge is 0.223 e. The standard InChI is InChI=1S/C22H20Cl2N6O2/c23-18-4-3-16(11-19(18)24)30-22(26-20(27-30)5-7-28-8-6-25-14-28)15-10-21(31)29(12-15)13-17-2-1-9-32-17/h1-4,6,8-9,11,14-15H,5,7,10,12-13H2.